The Balaban J connectivity index is 1.48. The van der Waals surface area contributed by atoms with Gasteiger partial charge in [-0.25, -0.2) is 0 Å². The summed E-state index contributed by atoms with van der Waals surface area (Å²) in [6, 6.07) is 8.41. The lowest BCUT2D eigenvalue weighted by molar-refractivity contribution is -0.129. The van der Waals surface area contributed by atoms with Crippen LogP contribution in [0.5, 0.6) is 0 Å². The van der Waals surface area contributed by atoms with E-state index in [0.29, 0.717) is 12.0 Å². The van der Waals surface area contributed by atoms with Crippen LogP contribution in [0.4, 0.5) is 5.69 Å². The van der Waals surface area contributed by atoms with Gasteiger partial charge in [-0.3, -0.25) is 9.59 Å². The third kappa shape index (κ3) is 5.33. The summed E-state index contributed by atoms with van der Waals surface area (Å²) in [4.78, 5) is 25.3. The molecule has 2 N–H and O–H groups in total. The molecule has 1 aromatic carbocycles. The number of benzene rings is 1. The monoisotopic (exact) mass is 370 g/mol. The van der Waals surface area contributed by atoms with E-state index in [4.69, 9.17) is 0 Å². The Hall–Kier alpha value is -1.84. The normalized spacial score (nSPS) is 23.8. The maximum Gasteiger partial charge on any atom is 0.227 e. The predicted octanol–water partition coefficient (Wildman–Crippen LogP) is 5.00. The van der Waals surface area contributed by atoms with Crippen LogP contribution in [0.3, 0.4) is 0 Å². The lowest BCUT2D eigenvalue weighted by atomic mass is 9.80. The van der Waals surface area contributed by atoms with E-state index in [-0.39, 0.29) is 23.7 Å². The minimum atomic E-state index is 0.0175. The van der Waals surface area contributed by atoms with E-state index < -0.39 is 0 Å². The van der Waals surface area contributed by atoms with Crippen LogP contribution >= 0.6 is 0 Å². The van der Waals surface area contributed by atoms with Gasteiger partial charge < -0.3 is 10.6 Å². The Kier molecular flexibility index (Phi) is 6.92. The largest absolute Gasteiger partial charge is 0.353 e. The molecule has 0 bridgehead atoms. The highest BCUT2D eigenvalue weighted by Gasteiger charge is 2.31. The molecule has 2 aliphatic carbocycles. The van der Waals surface area contributed by atoms with Crippen molar-refractivity contribution in [2.24, 2.45) is 11.8 Å². The molecule has 0 atom stereocenters. The smallest absolute Gasteiger partial charge is 0.227 e. The van der Waals surface area contributed by atoms with Crippen molar-refractivity contribution in [3.8, 4) is 0 Å². The number of carbonyl (C=O) groups excluding carboxylic acids is 2. The standard InChI is InChI=1S/C23H34N2O2/c1-16(2)20-10-6-7-11-21(20)25-23(27)18-14-12-17(13-15-18)22(26)24-19-8-4-3-5-9-19/h6-7,10-11,16-19H,3-5,8-9,12-15H2,1-2H3,(H,24,26)(H,25,27). The number of rotatable bonds is 5. The van der Waals surface area contributed by atoms with Crippen molar-refractivity contribution >= 4 is 17.5 Å². The zero-order chi connectivity index (χ0) is 19.2. The fourth-order valence-electron chi connectivity index (χ4n) is 4.53. The first-order valence-electron chi connectivity index (χ1n) is 10.7. The molecule has 4 nitrogen and oxygen atoms in total. The molecule has 2 aliphatic rings. The quantitative estimate of drug-likeness (QED) is 0.766. The van der Waals surface area contributed by atoms with Crippen LogP contribution in [0.1, 0.15) is 83.1 Å². The molecule has 1 aromatic rings. The molecule has 2 amide bonds. The summed E-state index contributed by atoms with van der Waals surface area (Å²) in [5, 5.41) is 6.38. The molecule has 4 heteroatoms. The van der Waals surface area contributed by atoms with Crippen LogP contribution < -0.4 is 10.6 Å². The van der Waals surface area contributed by atoms with E-state index in [2.05, 4.69) is 30.5 Å². The van der Waals surface area contributed by atoms with Crippen molar-refractivity contribution in [1.82, 2.24) is 5.32 Å². The number of nitrogens with one attached hydrogen (secondary N) is 2. The van der Waals surface area contributed by atoms with Gasteiger partial charge in [-0.1, -0.05) is 51.3 Å². The topological polar surface area (TPSA) is 58.2 Å². The molecular weight excluding hydrogens is 336 g/mol. The van der Waals surface area contributed by atoms with Gasteiger partial charge in [0.15, 0.2) is 0 Å². The van der Waals surface area contributed by atoms with E-state index in [1.807, 2.05) is 18.2 Å². The van der Waals surface area contributed by atoms with E-state index in [9.17, 15) is 9.59 Å². The number of anilines is 1. The van der Waals surface area contributed by atoms with Crippen LogP contribution in [0, 0.1) is 11.8 Å². The lowest BCUT2D eigenvalue weighted by Crippen LogP contribution is -2.41. The maximum atomic E-state index is 12.7. The Morgan fingerprint density at radius 2 is 1.44 bits per heavy atom. The van der Waals surface area contributed by atoms with Gasteiger partial charge in [0.25, 0.3) is 0 Å². The first-order valence-corrected chi connectivity index (χ1v) is 10.7. The SMILES string of the molecule is CC(C)c1ccccc1NC(=O)C1CCC(C(=O)NC2CCCCC2)CC1. The predicted molar refractivity (Wildman–Crippen MR) is 110 cm³/mol. The van der Waals surface area contributed by atoms with Gasteiger partial charge in [0.1, 0.15) is 0 Å². The molecule has 0 aromatic heterocycles. The number of hydrogen-bond donors (Lipinski definition) is 2. The second-order valence-electron chi connectivity index (χ2n) is 8.62. The highest BCUT2D eigenvalue weighted by Crippen LogP contribution is 2.31. The average molecular weight is 371 g/mol. The molecule has 0 heterocycles. The lowest BCUT2D eigenvalue weighted by Gasteiger charge is -2.30. The third-order valence-electron chi connectivity index (χ3n) is 6.26. The van der Waals surface area contributed by atoms with Crippen LogP contribution in [0.2, 0.25) is 0 Å². The summed E-state index contributed by atoms with van der Waals surface area (Å²) in [5.41, 5.74) is 2.10. The van der Waals surface area contributed by atoms with Gasteiger partial charge in [-0.15, -0.1) is 0 Å². The van der Waals surface area contributed by atoms with Crippen molar-refractivity contribution in [2.75, 3.05) is 5.32 Å². The second-order valence-corrected chi connectivity index (χ2v) is 8.62. The summed E-state index contributed by atoms with van der Waals surface area (Å²) >= 11 is 0. The van der Waals surface area contributed by atoms with Crippen molar-refractivity contribution in [2.45, 2.75) is 83.6 Å². The molecule has 0 unspecified atom stereocenters. The van der Waals surface area contributed by atoms with Crippen molar-refractivity contribution in [1.29, 1.82) is 0 Å². The molecule has 2 fully saturated rings. The van der Waals surface area contributed by atoms with Crippen LogP contribution in [0.15, 0.2) is 24.3 Å². The van der Waals surface area contributed by atoms with Gasteiger partial charge in [-0.2, -0.15) is 0 Å². The van der Waals surface area contributed by atoms with Gasteiger partial charge in [-0.05, 0) is 56.1 Å². The molecule has 3 rings (SSSR count). The zero-order valence-corrected chi connectivity index (χ0v) is 16.8. The first-order chi connectivity index (χ1) is 13.0. The molecule has 0 saturated heterocycles. The van der Waals surface area contributed by atoms with E-state index in [0.717, 1.165) is 44.2 Å². The fraction of sp³-hybridized carbons (Fsp3) is 0.652. The van der Waals surface area contributed by atoms with E-state index in [1.54, 1.807) is 0 Å². The summed E-state index contributed by atoms with van der Waals surface area (Å²) in [6.07, 6.45) is 9.26. The number of amides is 2. The molecule has 0 spiro atoms. The summed E-state index contributed by atoms with van der Waals surface area (Å²) in [5.74, 6) is 0.795. The second kappa shape index (κ2) is 9.38. The van der Waals surface area contributed by atoms with Gasteiger partial charge in [0, 0.05) is 23.6 Å². The zero-order valence-electron chi connectivity index (χ0n) is 16.8. The van der Waals surface area contributed by atoms with Crippen molar-refractivity contribution in [3.63, 3.8) is 0 Å². The maximum absolute atomic E-state index is 12.7. The van der Waals surface area contributed by atoms with Gasteiger partial charge in [0.2, 0.25) is 11.8 Å². The molecule has 0 aliphatic heterocycles. The average Bonchev–Trinajstić information content (AvgIpc) is 2.69. The highest BCUT2D eigenvalue weighted by atomic mass is 16.2. The van der Waals surface area contributed by atoms with Crippen LogP contribution in [-0.2, 0) is 9.59 Å². The molecule has 0 radical (unpaired) electrons. The van der Waals surface area contributed by atoms with Gasteiger partial charge >= 0.3 is 0 Å². The third-order valence-corrected chi connectivity index (χ3v) is 6.26. The minimum absolute atomic E-state index is 0.0175. The Labute approximate surface area is 163 Å². The molecule has 27 heavy (non-hydrogen) atoms. The number of para-hydroxylation sites is 1. The Morgan fingerprint density at radius 1 is 0.852 bits per heavy atom. The van der Waals surface area contributed by atoms with E-state index in [1.165, 1.54) is 24.8 Å². The Bertz CT molecular complexity index is 642. The van der Waals surface area contributed by atoms with Crippen molar-refractivity contribution < 1.29 is 9.59 Å². The Morgan fingerprint density at radius 3 is 2.07 bits per heavy atom. The number of carbonyl (C=O) groups is 2. The molecule has 2 saturated carbocycles. The van der Waals surface area contributed by atoms with E-state index >= 15 is 0 Å². The minimum Gasteiger partial charge on any atom is -0.353 e. The molecular formula is C23H34N2O2. The molecule has 148 valence electrons. The number of hydrogen-bond acceptors (Lipinski definition) is 2. The summed E-state index contributed by atoms with van der Waals surface area (Å²) < 4.78 is 0. The highest BCUT2D eigenvalue weighted by molar-refractivity contribution is 5.93. The summed E-state index contributed by atoms with van der Waals surface area (Å²) in [6.45, 7) is 4.28. The van der Waals surface area contributed by atoms with Crippen molar-refractivity contribution in [3.05, 3.63) is 29.8 Å². The fourth-order valence-corrected chi connectivity index (χ4v) is 4.53. The first kappa shape index (κ1) is 19.9. The van der Waals surface area contributed by atoms with Crippen LogP contribution in [-0.4, -0.2) is 17.9 Å². The van der Waals surface area contributed by atoms with Crippen LogP contribution in [0.25, 0.3) is 0 Å². The van der Waals surface area contributed by atoms with Gasteiger partial charge in [0.05, 0.1) is 0 Å². The summed E-state index contributed by atoms with van der Waals surface area (Å²) in [7, 11) is 0.